The topological polar surface area (TPSA) is 89.3 Å². The van der Waals surface area contributed by atoms with Crippen molar-refractivity contribution in [2.75, 3.05) is 0 Å². The molecule has 1 aliphatic carbocycles. The zero-order valence-corrected chi connectivity index (χ0v) is 11.3. The van der Waals surface area contributed by atoms with Crippen molar-refractivity contribution in [1.29, 1.82) is 0 Å². The zero-order valence-electron chi connectivity index (χ0n) is 9.68. The van der Waals surface area contributed by atoms with Crippen LogP contribution in [0, 0.1) is 5.92 Å². The first-order valence-electron chi connectivity index (χ1n) is 5.41. The number of nitrogens with two attached hydrogens (primary N) is 1. The van der Waals surface area contributed by atoms with Gasteiger partial charge in [0.2, 0.25) is 10.0 Å². The zero-order chi connectivity index (χ0) is 13.5. The largest absolute Gasteiger partial charge is 0.349 e. The minimum absolute atomic E-state index is 0.161. The Kier molecular flexibility index (Phi) is 3.35. The maximum absolute atomic E-state index is 11.9. The molecular weight excluding hydrogens is 276 g/mol. The van der Waals surface area contributed by atoms with Crippen LogP contribution in [0.2, 0.25) is 5.02 Å². The van der Waals surface area contributed by atoms with Gasteiger partial charge in [-0.2, -0.15) is 0 Å². The summed E-state index contributed by atoms with van der Waals surface area (Å²) in [5, 5.41) is 7.97. The first kappa shape index (κ1) is 13.3. The highest BCUT2D eigenvalue weighted by atomic mass is 35.5. The van der Waals surface area contributed by atoms with Gasteiger partial charge >= 0.3 is 0 Å². The lowest BCUT2D eigenvalue weighted by Gasteiger charge is -2.06. The minimum atomic E-state index is -3.87. The van der Waals surface area contributed by atoms with E-state index < -0.39 is 10.0 Å². The summed E-state index contributed by atoms with van der Waals surface area (Å²) in [6.07, 6.45) is 0.939. The van der Waals surface area contributed by atoms with Crippen LogP contribution in [0.1, 0.15) is 23.7 Å². The van der Waals surface area contributed by atoms with E-state index in [1.54, 1.807) is 0 Å². The molecule has 0 saturated heterocycles. The summed E-state index contributed by atoms with van der Waals surface area (Å²) in [4.78, 5) is 11.7. The second-order valence-electron chi connectivity index (χ2n) is 4.51. The predicted molar refractivity (Wildman–Crippen MR) is 67.9 cm³/mol. The Morgan fingerprint density at radius 3 is 2.56 bits per heavy atom. The second-order valence-corrected chi connectivity index (χ2v) is 6.51. The van der Waals surface area contributed by atoms with Crippen molar-refractivity contribution in [3.8, 4) is 0 Å². The highest BCUT2D eigenvalue weighted by molar-refractivity contribution is 7.89. The van der Waals surface area contributed by atoms with E-state index in [1.807, 2.05) is 6.92 Å². The van der Waals surface area contributed by atoms with E-state index in [9.17, 15) is 13.2 Å². The highest BCUT2D eigenvalue weighted by Crippen LogP contribution is 2.29. The number of carbonyl (C=O) groups is 1. The van der Waals surface area contributed by atoms with Crippen LogP contribution >= 0.6 is 11.6 Å². The number of hydrogen-bond acceptors (Lipinski definition) is 3. The number of amides is 1. The van der Waals surface area contributed by atoms with Gasteiger partial charge in [0.15, 0.2) is 0 Å². The quantitative estimate of drug-likeness (QED) is 0.873. The smallest absolute Gasteiger partial charge is 0.251 e. The first-order valence-corrected chi connectivity index (χ1v) is 7.34. The molecule has 0 aliphatic heterocycles. The lowest BCUT2D eigenvalue weighted by molar-refractivity contribution is 0.0949. The number of rotatable bonds is 3. The third-order valence-electron chi connectivity index (χ3n) is 2.89. The molecule has 18 heavy (non-hydrogen) atoms. The van der Waals surface area contributed by atoms with Gasteiger partial charge in [-0.15, -0.1) is 0 Å². The van der Waals surface area contributed by atoms with E-state index in [2.05, 4.69) is 5.32 Å². The van der Waals surface area contributed by atoms with E-state index in [4.69, 9.17) is 16.7 Å². The Hall–Kier alpha value is -1.11. The SMILES string of the molecule is CC1CC1NC(=O)c1cc(Cl)cc(S(N)(=O)=O)c1. The van der Waals surface area contributed by atoms with Gasteiger partial charge in [0.05, 0.1) is 4.90 Å². The fourth-order valence-corrected chi connectivity index (χ4v) is 2.52. The molecule has 2 rings (SSSR count). The van der Waals surface area contributed by atoms with Gasteiger partial charge in [0, 0.05) is 16.6 Å². The van der Waals surface area contributed by atoms with Gasteiger partial charge in [-0.25, -0.2) is 13.6 Å². The summed E-state index contributed by atoms with van der Waals surface area (Å²) < 4.78 is 22.5. The van der Waals surface area contributed by atoms with Crippen molar-refractivity contribution >= 4 is 27.5 Å². The van der Waals surface area contributed by atoms with Crippen LogP contribution in [0.3, 0.4) is 0 Å². The summed E-state index contributed by atoms with van der Waals surface area (Å²) in [6.45, 7) is 2.03. The molecule has 1 fully saturated rings. The van der Waals surface area contributed by atoms with Crippen molar-refractivity contribution in [2.24, 2.45) is 11.1 Å². The minimum Gasteiger partial charge on any atom is -0.349 e. The van der Waals surface area contributed by atoms with Crippen LogP contribution in [0.25, 0.3) is 0 Å². The molecule has 3 N–H and O–H groups in total. The van der Waals surface area contributed by atoms with Gasteiger partial charge in [-0.1, -0.05) is 18.5 Å². The van der Waals surface area contributed by atoms with Crippen LogP contribution < -0.4 is 10.5 Å². The first-order chi connectivity index (χ1) is 8.27. The van der Waals surface area contributed by atoms with Crippen LogP contribution in [-0.2, 0) is 10.0 Å². The van der Waals surface area contributed by atoms with E-state index in [0.29, 0.717) is 5.92 Å². The summed E-state index contributed by atoms with van der Waals surface area (Å²) >= 11 is 5.78. The average Bonchev–Trinajstić information content (AvgIpc) is 2.92. The molecule has 5 nitrogen and oxygen atoms in total. The number of halogens is 1. The molecule has 1 aliphatic rings. The molecule has 1 aromatic carbocycles. The van der Waals surface area contributed by atoms with E-state index in [1.165, 1.54) is 18.2 Å². The predicted octanol–water partition coefficient (Wildman–Crippen LogP) is 1.13. The third kappa shape index (κ3) is 3.01. The average molecular weight is 289 g/mol. The maximum atomic E-state index is 11.9. The lowest BCUT2D eigenvalue weighted by Crippen LogP contribution is -2.27. The van der Waals surface area contributed by atoms with E-state index in [0.717, 1.165) is 6.42 Å². The van der Waals surface area contributed by atoms with Crippen molar-refractivity contribution in [1.82, 2.24) is 5.32 Å². The second kappa shape index (κ2) is 4.53. The number of nitrogens with one attached hydrogen (secondary N) is 1. The Balaban J connectivity index is 2.27. The summed E-state index contributed by atoms with van der Waals surface area (Å²) in [5.41, 5.74) is 0.200. The van der Waals surface area contributed by atoms with Gasteiger partial charge in [0.25, 0.3) is 5.91 Å². The fourth-order valence-electron chi connectivity index (χ4n) is 1.63. The monoisotopic (exact) mass is 288 g/mol. The molecule has 1 amide bonds. The van der Waals surface area contributed by atoms with E-state index >= 15 is 0 Å². The maximum Gasteiger partial charge on any atom is 0.251 e. The Morgan fingerprint density at radius 2 is 2.06 bits per heavy atom. The Labute approximate surface area is 110 Å². The molecule has 98 valence electrons. The molecule has 2 atom stereocenters. The lowest BCUT2D eigenvalue weighted by atomic mass is 10.2. The molecule has 1 saturated carbocycles. The molecule has 0 radical (unpaired) electrons. The molecule has 2 unspecified atom stereocenters. The molecule has 0 heterocycles. The van der Waals surface area contributed by atoms with Crippen molar-refractivity contribution in [3.05, 3.63) is 28.8 Å². The van der Waals surface area contributed by atoms with Crippen LogP contribution in [-0.4, -0.2) is 20.4 Å². The van der Waals surface area contributed by atoms with Gasteiger partial charge in [0.1, 0.15) is 0 Å². The molecular formula is C11H13ClN2O3S. The molecule has 7 heteroatoms. The number of benzene rings is 1. The third-order valence-corrected chi connectivity index (χ3v) is 4.00. The van der Waals surface area contributed by atoms with E-state index in [-0.39, 0.29) is 27.4 Å². The number of sulfonamides is 1. The summed E-state index contributed by atoms with van der Waals surface area (Å²) in [6, 6.07) is 4.02. The van der Waals surface area contributed by atoms with Gasteiger partial charge in [-0.05, 0) is 30.5 Å². The van der Waals surface area contributed by atoms with Crippen molar-refractivity contribution in [3.63, 3.8) is 0 Å². The summed E-state index contributed by atoms with van der Waals surface area (Å²) in [5.74, 6) is 0.127. The number of carbonyl (C=O) groups excluding carboxylic acids is 1. The van der Waals surface area contributed by atoms with Crippen molar-refractivity contribution < 1.29 is 13.2 Å². The van der Waals surface area contributed by atoms with Crippen molar-refractivity contribution in [2.45, 2.75) is 24.3 Å². The fraction of sp³-hybridized carbons (Fsp3) is 0.364. The molecule has 0 bridgehead atoms. The Morgan fingerprint density at radius 1 is 1.44 bits per heavy atom. The molecule has 0 aromatic heterocycles. The van der Waals surface area contributed by atoms with Crippen LogP contribution in [0.5, 0.6) is 0 Å². The molecule has 0 spiro atoms. The highest BCUT2D eigenvalue weighted by Gasteiger charge is 2.34. The molecule has 1 aromatic rings. The summed E-state index contributed by atoms with van der Waals surface area (Å²) in [7, 11) is -3.87. The Bertz CT molecular complexity index is 600. The standard InChI is InChI=1S/C11H13ClN2O3S/c1-6-2-10(6)14-11(15)7-3-8(12)5-9(4-7)18(13,16)17/h3-6,10H,2H2,1H3,(H,14,15)(H2,13,16,17). The van der Waals surface area contributed by atoms with Crippen LogP contribution in [0.4, 0.5) is 0 Å². The number of hydrogen-bond donors (Lipinski definition) is 2. The van der Waals surface area contributed by atoms with Gasteiger partial charge in [-0.3, -0.25) is 4.79 Å². The number of primary sulfonamides is 1. The van der Waals surface area contributed by atoms with Crippen LogP contribution in [0.15, 0.2) is 23.1 Å². The van der Waals surface area contributed by atoms with Gasteiger partial charge < -0.3 is 5.32 Å². The normalized spacial score (nSPS) is 22.6.